The standard InChI is InChI=1S/C14H24O2S/c1-11-8-14(15,9-11)12-2-5-16-13(10-12)3-6-17-7-4-13/h11-12,15H,2-10H2,1H3. The van der Waals surface area contributed by atoms with Crippen LogP contribution in [-0.4, -0.2) is 34.4 Å². The van der Waals surface area contributed by atoms with E-state index in [0.29, 0.717) is 5.92 Å². The normalized spacial score (nSPS) is 45.5. The van der Waals surface area contributed by atoms with Crippen LogP contribution in [0.1, 0.15) is 45.4 Å². The van der Waals surface area contributed by atoms with E-state index in [9.17, 15) is 5.11 Å². The van der Waals surface area contributed by atoms with E-state index < -0.39 is 0 Å². The highest BCUT2D eigenvalue weighted by Gasteiger charge is 2.51. The molecule has 0 aromatic rings. The summed E-state index contributed by atoms with van der Waals surface area (Å²) in [5.41, 5.74) is -0.219. The van der Waals surface area contributed by atoms with E-state index in [4.69, 9.17) is 4.74 Å². The Morgan fingerprint density at radius 3 is 2.53 bits per heavy atom. The summed E-state index contributed by atoms with van der Waals surface area (Å²) < 4.78 is 6.10. The summed E-state index contributed by atoms with van der Waals surface area (Å²) in [4.78, 5) is 0. The molecule has 0 aromatic heterocycles. The Morgan fingerprint density at radius 1 is 1.18 bits per heavy atom. The molecule has 1 unspecified atom stereocenters. The number of rotatable bonds is 1. The molecule has 3 fully saturated rings. The Labute approximate surface area is 108 Å². The first kappa shape index (κ1) is 12.3. The number of aliphatic hydroxyl groups is 1. The maximum atomic E-state index is 10.7. The SMILES string of the molecule is CC1CC(O)(C2CCOC3(CCSCC3)C2)C1. The number of hydrogen-bond donors (Lipinski definition) is 1. The van der Waals surface area contributed by atoms with Crippen molar-refractivity contribution in [2.45, 2.75) is 56.7 Å². The van der Waals surface area contributed by atoms with Crippen LogP contribution in [0.25, 0.3) is 0 Å². The fraction of sp³-hybridized carbons (Fsp3) is 1.00. The second-order valence-corrected chi connectivity index (χ2v) is 7.68. The summed E-state index contributed by atoms with van der Waals surface area (Å²) in [6.45, 7) is 3.12. The first-order chi connectivity index (χ1) is 8.12. The number of hydrogen-bond acceptors (Lipinski definition) is 3. The minimum Gasteiger partial charge on any atom is -0.390 e. The second kappa shape index (κ2) is 4.43. The van der Waals surface area contributed by atoms with Gasteiger partial charge in [0.1, 0.15) is 0 Å². The van der Waals surface area contributed by atoms with Crippen LogP contribution in [0.3, 0.4) is 0 Å². The van der Waals surface area contributed by atoms with Gasteiger partial charge < -0.3 is 9.84 Å². The van der Waals surface area contributed by atoms with E-state index in [1.807, 2.05) is 11.8 Å². The van der Waals surface area contributed by atoms with Crippen molar-refractivity contribution in [2.75, 3.05) is 18.1 Å². The number of thioether (sulfide) groups is 1. The van der Waals surface area contributed by atoms with Gasteiger partial charge in [0.15, 0.2) is 0 Å². The minimum absolute atomic E-state index is 0.128. The van der Waals surface area contributed by atoms with E-state index in [-0.39, 0.29) is 11.2 Å². The Kier molecular flexibility index (Phi) is 3.21. The lowest BCUT2D eigenvalue weighted by molar-refractivity contribution is -0.180. The summed E-state index contributed by atoms with van der Waals surface area (Å²) in [5, 5.41) is 10.7. The Hall–Kier alpha value is 0.270. The molecule has 2 nitrogen and oxygen atoms in total. The molecule has 1 saturated carbocycles. The van der Waals surface area contributed by atoms with Crippen LogP contribution in [0.15, 0.2) is 0 Å². The molecule has 17 heavy (non-hydrogen) atoms. The lowest BCUT2D eigenvalue weighted by Gasteiger charge is -2.53. The summed E-state index contributed by atoms with van der Waals surface area (Å²) in [7, 11) is 0. The van der Waals surface area contributed by atoms with Crippen molar-refractivity contribution in [1.29, 1.82) is 0 Å². The summed E-state index contributed by atoms with van der Waals surface area (Å²) in [5.74, 6) is 3.69. The minimum atomic E-state index is -0.346. The molecule has 98 valence electrons. The van der Waals surface area contributed by atoms with E-state index in [1.54, 1.807) is 0 Å². The van der Waals surface area contributed by atoms with Crippen LogP contribution in [0.2, 0.25) is 0 Å². The number of ether oxygens (including phenoxy) is 1. The Balaban J connectivity index is 1.67. The van der Waals surface area contributed by atoms with Gasteiger partial charge in [-0.05, 0) is 61.9 Å². The van der Waals surface area contributed by atoms with Gasteiger partial charge in [-0.25, -0.2) is 0 Å². The lowest BCUT2D eigenvalue weighted by atomic mass is 9.61. The van der Waals surface area contributed by atoms with Gasteiger partial charge in [0.05, 0.1) is 11.2 Å². The topological polar surface area (TPSA) is 29.5 Å². The fourth-order valence-electron chi connectivity index (χ4n) is 4.06. The maximum Gasteiger partial charge on any atom is 0.0702 e. The molecule has 3 heteroatoms. The van der Waals surface area contributed by atoms with Crippen molar-refractivity contribution in [3.63, 3.8) is 0 Å². The third kappa shape index (κ3) is 2.26. The lowest BCUT2D eigenvalue weighted by Crippen LogP contribution is -2.55. The summed E-state index contributed by atoms with van der Waals surface area (Å²) >= 11 is 2.05. The molecule has 1 aliphatic carbocycles. The maximum absolute atomic E-state index is 10.7. The Bertz CT molecular complexity index is 274. The molecule has 0 amide bonds. The zero-order valence-electron chi connectivity index (χ0n) is 10.8. The van der Waals surface area contributed by atoms with Crippen LogP contribution < -0.4 is 0 Å². The predicted octanol–water partition coefficient (Wildman–Crippen LogP) is 2.84. The van der Waals surface area contributed by atoms with Gasteiger partial charge in [-0.2, -0.15) is 11.8 Å². The molecule has 2 aliphatic heterocycles. The average Bonchev–Trinajstić information content (AvgIpc) is 2.28. The Morgan fingerprint density at radius 2 is 1.88 bits per heavy atom. The largest absolute Gasteiger partial charge is 0.390 e. The van der Waals surface area contributed by atoms with Crippen LogP contribution in [-0.2, 0) is 4.74 Å². The highest BCUT2D eigenvalue weighted by atomic mass is 32.2. The van der Waals surface area contributed by atoms with Gasteiger partial charge in [-0.3, -0.25) is 0 Å². The molecule has 1 spiro atoms. The molecular formula is C14H24O2S. The van der Waals surface area contributed by atoms with Crippen molar-refractivity contribution in [1.82, 2.24) is 0 Å². The predicted molar refractivity (Wildman–Crippen MR) is 71.3 cm³/mol. The molecule has 0 bridgehead atoms. The van der Waals surface area contributed by atoms with Gasteiger partial charge in [0, 0.05) is 6.61 Å². The van der Waals surface area contributed by atoms with Gasteiger partial charge >= 0.3 is 0 Å². The summed E-state index contributed by atoms with van der Waals surface area (Å²) in [6, 6.07) is 0. The van der Waals surface area contributed by atoms with Crippen molar-refractivity contribution in [3.05, 3.63) is 0 Å². The highest BCUT2D eigenvalue weighted by Crippen LogP contribution is 2.50. The molecule has 1 N–H and O–H groups in total. The molecular weight excluding hydrogens is 232 g/mol. The third-order valence-electron chi connectivity index (χ3n) is 5.06. The van der Waals surface area contributed by atoms with E-state index in [2.05, 4.69) is 6.92 Å². The van der Waals surface area contributed by atoms with Gasteiger partial charge in [0.2, 0.25) is 0 Å². The van der Waals surface area contributed by atoms with Crippen LogP contribution in [0, 0.1) is 11.8 Å². The zero-order chi connectivity index (χ0) is 11.9. The van der Waals surface area contributed by atoms with Crippen molar-refractivity contribution < 1.29 is 9.84 Å². The van der Waals surface area contributed by atoms with Crippen molar-refractivity contribution in [3.8, 4) is 0 Å². The summed E-state index contributed by atoms with van der Waals surface area (Å²) in [6.07, 6.45) is 6.60. The van der Waals surface area contributed by atoms with Crippen molar-refractivity contribution in [2.24, 2.45) is 11.8 Å². The third-order valence-corrected chi connectivity index (χ3v) is 6.05. The first-order valence-electron chi connectivity index (χ1n) is 7.06. The fourth-order valence-corrected chi connectivity index (χ4v) is 5.30. The van der Waals surface area contributed by atoms with Gasteiger partial charge in [-0.1, -0.05) is 6.92 Å². The van der Waals surface area contributed by atoms with Gasteiger partial charge in [0.25, 0.3) is 0 Å². The van der Waals surface area contributed by atoms with E-state index in [1.165, 1.54) is 24.3 Å². The van der Waals surface area contributed by atoms with Crippen molar-refractivity contribution >= 4 is 11.8 Å². The smallest absolute Gasteiger partial charge is 0.0702 e. The highest BCUT2D eigenvalue weighted by molar-refractivity contribution is 7.99. The van der Waals surface area contributed by atoms with E-state index in [0.717, 1.165) is 38.2 Å². The molecule has 0 radical (unpaired) electrons. The molecule has 2 heterocycles. The van der Waals surface area contributed by atoms with Crippen LogP contribution in [0.5, 0.6) is 0 Å². The molecule has 2 saturated heterocycles. The monoisotopic (exact) mass is 256 g/mol. The van der Waals surface area contributed by atoms with E-state index >= 15 is 0 Å². The first-order valence-corrected chi connectivity index (χ1v) is 8.22. The average molecular weight is 256 g/mol. The van der Waals surface area contributed by atoms with Crippen LogP contribution >= 0.6 is 11.8 Å². The molecule has 3 aliphatic rings. The van der Waals surface area contributed by atoms with Gasteiger partial charge in [-0.15, -0.1) is 0 Å². The zero-order valence-corrected chi connectivity index (χ0v) is 11.6. The second-order valence-electron chi connectivity index (χ2n) is 6.45. The molecule has 1 atom stereocenters. The van der Waals surface area contributed by atoms with Crippen LogP contribution in [0.4, 0.5) is 0 Å². The molecule has 3 rings (SSSR count). The molecule has 0 aromatic carbocycles. The quantitative estimate of drug-likeness (QED) is 0.782.